The highest BCUT2D eigenvalue weighted by Crippen LogP contribution is 2.33. The molecule has 0 bridgehead atoms. The highest BCUT2D eigenvalue weighted by Gasteiger charge is 2.46. The minimum Gasteiger partial charge on any atom is -0.389 e. The van der Waals surface area contributed by atoms with Crippen molar-refractivity contribution < 1.29 is 28.0 Å². The van der Waals surface area contributed by atoms with Crippen LogP contribution in [0, 0.1) is 0 Å². The fraction of sp³-hybridized carbons (Fsp3) is 0.273. The van der Waals surface area contributed by atoms with Crippen LogP contribution < -0.4 is 16.2 Å². The smallest absolute Gasteiger partial charge is 0.347 e. The Labute approximate surface area is 215 Å². The number of benzene rings is 2. The van der Waals surface area contributed by atoms with Crippen LogP contribution in [0.4, 0.5) is 8.78 Å². The van der Waals surface area contributed by atoms with Gasteiger partial charge in [0.25, 0.3) is 11.8 Å². The lowest BCUT2D eigenvalue weighted by Gasteiger charge is -2.31. The molecule has 2 unspecified atom stereocenters. The van der Waals surface area contributed by atoms with Gasteiger partial charge >= 0.3 is 5.92 Å². The quantitative estimate of drug-likeness (QED) is 0.355. The lowest BCUT2D eigenvalue weighted by Crippen LogP contribution is -2.52. The van der Waals surface area contributed by atoms with Gasteiger partial charge in [0.15, 0.2) is 0 Å². The summed E-state index contributed by atoms with van der Waals surface area (Å²) in [6.45, 7) is 0.151. The monoisotopic (exact) mass is 509 g/mol. The summed E-state index contributed by atoms with van der Waals surface area (Å²) in [5.74, 6) is -7.06. The molecule has 2 atom stereocenters. The third-order valence-corrected chi connectivity index (χ3v) is 7.23. The van der Waals surface area contributed by atoms with Crippen LogP contribution in [0.5, 0.6) is 0 Å². The number of carbonyl (C=O) groups excluding carboxylic acids is 4. The summed E-state index contributed by atoms with van der Waals surface area (Å²) in [4.78, 5) is 52.0. The zero-order valence-electron chi connectivity index (χ0n) is 20.3. The van der Waals surface area contributed by atoms with E-state index in [9.17, 15) is 19.2 Å². The highest BCUT2D eigenvalue weighted by atomic mass is 35.5. The van der Waals surface area contributed by atoms with Gasteiger partial charge in [-0.3, -0.25) is 24.5 Å². The normalized spacial score (nSPS) is 18.6. The third kappa shape index (κ3) is 4.45. The SMILES string of the molecule is Bc1cc(Cl)cc(B)c1C(F)(F)C(=O)N(B)C(B)c1ccc2c(c1)CN(C1CCC(=O)NC1=O)C2=O. The van der Waals surface area contributed by atoms with Crippen molar-refractivity contribution in [1.82, 2.24) is 15.0 Å². The first-order chi connectivity index (χ1) is 16.8. The molecule has 7 nitrogen and oxygen atoms in total. The van der Waals surface area contributed by atoms with Gasteiger partial charge in [-0.2, -0.15) is 8.78 Å². The van der Waals surface area contributed by atoms with E-state index in [1.165, 1.54) is 40.7 Å². The number of nitrogens with zero attached hydrogens (tertiary/aromatic N) is 2. The lowest BCUT2D eigenvalue weighted by atomic mass is 9.77. The fourth-order valence-corrected chi connectivity index (χ4v) is 5.32. The van der Waals surface area contributed by atoms with Gasteiger partial charge in [-0.15, -0.1) is 0 Å². The zero-order chi connectivity index (χ0) is 26.5. The van der Waals surface area contributed by atoms with Crippen molar-refractivity contribution in [3.05, 3.63) is 57.6 Å². The van der Waals surface area contributed by atoms with E-state index < -0.39 is 29.7 Å². The molecule has 1 fully saturated rings. The topological polar surface area (TPSA) is 86.8 Å². The molecule has 0 saturated carbocycles. The maximum atomic E-state index is 15.4. The van der Waals surface area contributed by atoms with E-state index in [-0.39, 0.29) is 47.7 Å². The molecule has 36 heavy (non-hydrogen) atoms. The Morgan fingerprint density at radius 1 is 1.17 bits per heavy atom. The van der Waals surface area contributed by atoms with Crippen molar-refractivity contribution in [1.29, 1.82) is 0 Å². The molecule has 0 radical (unpaired) electrons. The molecule has 2 aliphatic rings. The van der Waals surface area contributed by atoms with Crippen molar-refractivity contribution in [3.63, 3.8) is 0 Å². The van der Waals surface area contributed by atoms with Crippen LogP contribution in [0.1, 0.15) is 45.8 Å². The molecule has 0 aromatic heterocycles. The number of imide groups is 1. The Morgan fingerprint density at radius 3 is 2.42 bits per heavy atom. The highest BCUT2D eigenvalue weighted by molar-refractivity contribution is 6.43. The minimum absolute atomic E-state index is 0.145. The summed E-state index contributed by atoms with van der Waals surface area (Å²) in [5.41, 5.74) is 1.69. The second kappa shape index (κ2) is 9.42. The second-order valence-corrected chi connectivity index (χ2v) is 9.83. The van der Waals surface area contributed by atoms with E-state index in [4.69, 9.17) is 11.6 Å². The molecule has 182 valence electrons. The Hall–Kier alpha value is -3.07. The molecule has 2 aliphatic heterocycles. The summed E-state index contributed by atoms with van der Waals surface area (Å²) < 4.78 is 30.7. The van der Waals surface area contributed by atoms with Crippen LogP contribution in [-0.4, -0.2) is 70.9 Å². The number of hydrogen-bond acceptors (Lipinski definition) is 4. The number of piperidine rings is 1. The standard InChI is InChI=1S/C22H22B4ClF2N3O4/c23-13-6-11(27)7-14(24)17(13)22(28,29)21(36)32(26)18(25)9-1-2-12-10(5-9)8-31(20(12)35)15-3-4-16(33)30-19(15)34/h1-2,5-7,15,18H,3-4,8,23-26H2,(H,30,33,34). The van der Waals surface area contributed by atoms with Crippen LogP contribution in [0.2, 0.25) is 5.02 Å². The van der Waals surface area contributed by atoms with Crippen molar-refractivity contribution in [2.24, 2.45) is 0 Å². The largest absolute Gasteiger partial charge is 0.389 e. The van der Waals surface area contributed by atoms with Crippen LogP contribution in [-0.2, 0) is 26.9 Å². The van der Waals surface area contributed by atoms with Gasteiger partial charge in [-0.25, -0.2) is 0 Å². The number of halogens is 3. The number of rotatable bonds is 5. The number of hydrogen-bond donors (Lipinski definition) is 1. The first-order valence-corrected chi connectivity index (χ1v) is 11.9. The number of nitrogens with one attached hydrogen (secondary N) is 1. The summed E-state index contributed by atoms with van der Waals surface area (Å²) in [6, 6.07) is 6.96. The molecular weight excluding hydrogens is 487 g/mol. The predicted molar refractivity (Wildman–Crippen MR) is 141 cm³/mol. The average molecular weight is 509 g/mol. The molecule has 2 aromatic rings. The van der Waals surface area contributed by atoms with Crippen molar-refractivity contribution in [2.75, 3.05) is 0 Å². The fourth-order valence-electron chi connectivity index (χ4n) is 4.99. The predicted octanol–water partition coefficient (Wildman–Crippen LogP) is -2.58. The van der Waals surface area contributed by atoms with Crippen molar-refractivity contribution >= 4 is 77.7 Å². The van der Waals surface area contributed by atoms with Crippen LogP contribution in [0.3, 0.4) is 0 Å². The third-order valence-electron chi connectivity index (χ3n) is 7.01. The Bertz CT molecular complexity index is 1290. The van der Waals surface area contributed by atoms with Gasteiger partial charge in [-0.05, 0) is 35.7 Å². The molecule has 2 heterocycles. The van der Waals surface area contributed by atoms with Gasteiger partial charge in [0.1, 0.15) is 29.6 Å². The van der Waals surface area contributed by atoms with Crippen LogP contribution >= 0.6 is 11.6 Å². The van der Waals surface area contributed by atoms with E-state index in [0.29, 0.717) is 21.7 Å². The lowest BCUT2D eigenvalue weighted by molar-refractivity contribution is -0.154. The zero-order valence-corrected chi connectivity index (χ0v) is 21.1. The van der Waals surface area contributed by atoms with E-state index in [1.54, 1.807) is 26.0 Å². The summed E-state index contributed by atoms with van der Waals surface area (Å²) in [6.07, 6.45) is 0.385. The summed E-state index contributed by atoms with van der Waals surface area (Å²) in [7, 11) is 5.93. The van der Waals surface area contributed by atoms with E-state index >= 15 is 8.78 Å². The number of carbonyl (C=O) groups is 4. The molecule has 2 aromatic carbocycles. The van der Waals surface area contributed by atoms with Crippen LogP contribution in [0.25, 0.3) is 0 Å². The van der Waals surface area contributed by atoms with Gasteiger partial charge in [0, 0.05) is 35.1 Å². The Morgan fingerprint density at radius 2 is 1.81 bits per heavy atom. The summed E-state index contributed by atoms with van der Waals surface area (Å²) in [5, 5.41) is 2.57. The van der Waals surface area contributed by atoms with E-state index in [0.717, 1.165) is 4.81 Å². The van der Waals surface area contributed by atoms with Gasteiger partial charge in [0.05, 0.1) is 0 Å². The molecule has 4 amide bonds. The van der Waals surface area contributed by atoms with Crippen molar-refractivity contribution in [3.8, 4) is 0 Å². The molecule has 4 rings (SSSR count). The maximum Gasteiger partial charge on any atom is 0.347 e. The van der Waals surface area contributed by atoms with E-state index in [1.807, 2.05) is 0 Å². The Kier molecular flexibility index (Phi) is 6.81. The first kappa shape index (κ1) is 26.0. The first-order valence-electron chi connectivity index (χ1n) is 11.5. The number of alkyl halides is 2. The minimum atomic E-state index is -3.77. The average Bonchev–Trinajstić information content (AvgIpc) is 3.12. The summed E-state index contributed by atoms with van der Waals surface area (Å²) >= 11 is 5.97. The maximum absolute atomic E-state index is 15.4. The second-order valence-electron chi connectivity index (χ2n) is 9.40. The van der Waals surface area contributed by atoms with E-state index in [2.05, 4.69) is 5.32 Å². The molecule has 1 saturated heterocycles. The van der Waals surface area contributed by atoms with Gasteiger partial charge in [-0.1, -0.05) is 34.7 Å². The molecule has 14 heteroatoms. The molecule has 1 N–H and O–H groups in total. The molecular formula is C22H22B4ClF2N3O4. The van der Waals surface area contributed by atoms with Crippen LogP contribution in [0.15, 0.2) is 30.3 Å². The number of fused-ring (bicyclic) bond motifs is 1. The molecule has 0 aliphatic carbocycles. The Balaban J connectivity index is 1.56. The van der Waals surface area contributed by atoms with Crippen molar-refractivity contribution in [2.45, 2.75) is 37.3 Å². The van der Waals surface area contributed by atoms with Gasteiger partial charge in [0.2, 0.25) is 19.8 Å². The van der Waals surface area contributed by atoms with Gasteiger partial charge < -0.3 is 9.71 Å². The number of amides is 4. The molecule has 0 spiro atoms.